The van der Waals surface area contributed by atoms with E-state index in [4.69, 9.17) is 15.3 Å². The van der Waals surface area contributed by atoms with Gasteiger partial charge in [0.05, 0.1) is 17.3 Å². The molecule has 0 aliphatic heterocycles. The van der Waals surface area contributed by atoms with Crippen LogP contribution in [0.1, 0.15) is 26.5 Å². The summed E-state index contributed by atoms with van der Waals surface area (Å²) >= 11 is 0. The molecule has 3 rings (SSSR count). The zero-order valence-corrected chi connectivity index (χ0v) is 13.5. The molecule has 1 aromatic heterocycles. The zero-order valence-electron chi connectivity index (χ0n) is 13.5. The second kappa shape index (κ2) is 7.35. The van der Waals surface area contributed by atoms with Gasteiger partial charge in [0, 0.05) is 11.3 Å². The van der Waals surface area contributed by atoms with Crippen LogP contribution in [0.3, 0.4) is 0 Å². The highest BCUT2D eigenvalue weighted by atomic mass is 16.4. The van der Waals surface area contributed by atoms with E-state index < -0.39 is 11.9 Å². The van der Waals surface area contributed by atoms with Gasteiger partial charge in [0.25, 0.3) is 5.91 Å². The minimum absolute atomic E-state index is 0.168. The number of nitrogens with one attached hydrogen (secondary N) is 1. The summed E-state index contributed by atoms with van der Waals surface area (Å²) in [6.07, 6.45) is 1.35. The number of carbonyl (C=O) groups is 2. The van der Waals surface area contributed by atoms with Crippen LogP contribution in [-0.4, -0.2) is 23.2 Å². The monoisotopic (exact) mass is 349 g/mol. The van der Waals surface area contributed by atoms with Crippen molar-refractivity contribution in [3.05, 3.63) is 77.6 Å². The summed E-state index contributed by atoms with van der Waals surface area (Å²) in [4.78, 5) is 23.0. The number of nitrogens with zero attached hydrogens (tertiary/aromatic N) is 1. The SMILES string of the molecule is Nc1ccccc1C(=O)N/N=C/c1ccc(-c2cccc(C(=O)O)c2)o1. The number of para-hydroxylation sites is 1. The summed E-state index contributed by atoms with van der Waals surface area (Å²) in [5.41, 5.74) is 9.59. The third-order valence-corrected chi connectivity index (χ3v) is 3.58. The number of hydrogen-bond donors (Lipinski definition) is 3. The first-order valence-electron chi connectivity index (χ1n) is 7.66. The second-order valence-corrected chi connectivity index (χ2v) is 5.37. The number of anilines is 1. The van der Waals surface area contributed by atoms with Crippen LogP contribution in [0.15, 0.2) is 70.2 Å². The number of carbonyl (C=O) groups excluding carboxylic acids is 1. The van der Waals surface area contributed by atoms with Gasteiger partial charge in [-0.05, 0) is 36.4 Å². The topological polar surface area (TPSA) is 118 Å². The molecule has 0 aliphatic carbocycles. The van der Waals surface area contributed by atoms with Gasteiger partial charge in [0.1, 0.15) is 11.5 Å². The van der Waals surface area contributed by atoms with Crippen LogP contribution in [0.5, 0.6) is 0 Å². The van der Waals surface area contributed by atoms with E-state index in [0.29, 0.717) is 28.3 Å². The van der Waals surface area contributed by atoms with Gasteiger partial charge in [0.15, 0.2) is 0 Å². The maximum absolute atomic E-state index is 12.0. The molecule has 0 spiro atoms. The Morgan fingerprint density at radius 1 is 1.08 bits per heavy atom. The molecule has 0 saturated heterocycles. The van der Waals surface area contributed by atoms with Gasteiger partial charge in [-0.2, -0.15) is 5.10 Å². The summed E-state index contributed by atoms with van der Waals surface area (Å²) < 4.78 is 5.60. The van der Waals surface area contributed by atoms with Crippen molar-refractivity contribution in [2.45, 2.75) is 0 Å². The van der Waals surface area contributed by atoms with E-state index in [9.17, 15) is 9.59 Å². The van der Waals surface area contributed by atoms with Crippen LogP contribution in [0.25, 0.3) is 11.3 Å². The predicted molar refractivity (Wildman–Crippen MR) is 97.0 cm³/mol. The molecule has 0 bridgehead atoms. The van der Waals surface area contributed by atoms with Crippen molar-refractivity contribution in [2.75, 3.05) is 5.73 Å². The lowest BCUT2D eigenvalue weighted by Gasteiger charge is -2.02. The molecule has 7 heteroatoms. The van der Waals surface area contributed by atoms with Crippen molar-refractivity contribution in [3.63, 3.8) is 0 Å². The summed E-state index contributed by atoms with van der Waals surface area (Å²) in [7, 11) is 0. The number of carboxylic acids is 1. The van der Waals surface area contributed by atoms with E-state index in [1.54, 1.807) is 48.5 Å². The first-order valence-corrected chi connectivity index (χ1v) is 7.66. The molecule has 26 heavy (non-hydrogen) atoms. The number of nitrogen functional groups attached to an aromatic ring is 1. The van der Waals surface area contributed by atoms with Gasteiger partial charge in [-0.3, -0.25) is 4.79 Å². The lowest BCUT2D eigenvalue weighted by Crippen LogP contribution is -2.18. The van der Waals surface area contributed by atoms with Gasteiger partial charge in [0.2, 0.25) is 0 Å². The van der Waals surface area contributed by atoms with Crippen molar-refractivity contribution in [1.82, 2.24) is 5.43 Å². The number of furan rings is 1. The van der Waals surface area contributed by atoms with Gasteiger partial charge in [-0.25, -0.2) is 10.2 Å². The quantitative estimate of drug-likeness (QED) is 0.372. The van der Waals surface area contributed by atoms with Crippen molar-refractivity contribution >= 4 is 23.8 Å². The van der Waals surface area contributed by atoms with Gasteiger partial charge in [-0.1, -0.05) is 24.3 Å². The number of hydrazone groups is 1. The standard InChI is InChI=1S/C19H15N3O4/c20-16-7-2-1-6-15(16)18(23)22-21-11-14-8-9-17(26-14)12-4-3-5-13(10-12)19(24)25/h1-11H,20H2,(H,22,23)(H,24,25)/b21-11+. The van der Waals surface area contributed by atoms with Crippen LogP contribution in [-0.2, 0) is 0 Å². The van der Waals surface area contributed by atoms with Crippen LogP contribution >= 0.6 is 0 Å². The molecular weight excluding hydrogens is 334 g/mol. The molecule has 2 aromatic carbocycles. The Balaban J connectivity index is 1.70. The highest BCUT2D eigenvalue weighted by Gasteiger charge is 2.09. The Kier molecular flexibility index (Phi) is 4.80. The number of amides is 1. The van der Waals surface area contributed by atoms with E-state index in [1.165, 1.54) is 18.3 Å². The lowest BCUT2D eigenvalue weighted by atomic mass is 10.1. The molecule has 4 N–H and O–H groups in total. The van der Waals surface area contributed by atoms with E-state index in [-0.39, 0.29) is 5.56 Å². The smallest absolute Gasteiger partial charge is 0.335 e. The third-order valence-electron chi connectivity index (χ3n) is 3.58. The Morgan fingerprint density at radius 2 is 1.88 bits per heavy atom. The summed E-state index contributed by atoms with van der Waals surface area (Å²) in [5.74, 6) is -0.543. The van der Waals surface area contributed by atoms with Gasteiger partial charge >= 0.3 is 5.97 Å². The predicted octanol–water partition coefficient (Wildman–Crippen LogP) is 2.99. The van der Waals surface area contributed by atoms with Crippen LogP contribution in [0.2, 0.25) is 0 Å². The first kappa shape index (κ1) is 17.0. The summed E-state index contributed by atoms with van der Waals surface area (Å²) in [6, 6.07) is 16.4. The van der Waals surface area contributed by atoms with Crippen molar-refractivity contribution < 1.29 is 19.1 Å². The lowest BCUT2D eigenvalue weighted by molar-refractivity contribution is 0.0696. The maximum atomic E-state index is 12.0. The molecule has 1 heterocycles. The number of benzene rings is 2. The Morgan fingerprint density at radius 3 is 2.65 bits per heavy atom. The first-order chi connectivity index (χ1) is 12.5. The van der Waals surface area contributed by atoms with Gasteiger partial charge < -0.3 is 15.3 Å². The third kappa shape index (κ3) is 3.78. The molecule has 1 amide bonds. The number of rotatable bonds is 5. The van der Waals surface area contributed by atoms with E-state index in [1.807, 2.05) is 0 Å². The van der Waals surface area contributed by atoms with Crippen molar-refractivity contribution in [2.24, 2.45) is 5.10 Å². The minimum atomic E-state index is -1.01. The largest absolute Gasteiger partial charge is 0.478 e. The van der Waals surface area contributed by atoms with Crippen molar-refractivity contribution in [1.29, 1.82) is 0 Å². The molecule has 0 radical (unpaired) electrons. The summed E-state index contributed by atoms with van der Waals surface area (Å²) in [5, 5.41) is 12.9. The Labute approximate surface area is 148 Å². The Hall–Kier alpha value is -3.87. The molecule has 3 aromatic rings. The van der Waals surface area contributed by atoms with Gasteiger partial charge in [-0.15, -0.1) is 0 Å². The number of hydrogen-bond acceptors (Lipinski definition) is 5. The number of aromatic carboxylic acids is 1. The Bertz CT molecular complexity index is 992. The summed E-state index contributed by atoms with van der Waals surface area (Å²) in [6.45, 7) is 0. The van der Waals surface area contributed by atoms with E-state index >= 15 is 0 Å². The molecule has 0 saturated carbocycles. The minimum Gasteiger partial charge on any atom is -0.478 e. The number of nitrogens with two attached hydrogens (primary N) is 1. The maximum Gasteiger partial charge on any atom is 0.335 e. The normalized spacial score (nSPS) is 10.8. The highest BCUT2D eigenvalue weighted by molar-refractivity contribution is 5.99. The number of carboxylic acid groups (broad SMARTS) is 1. The van der Waals surface area contributed by atoms with Crippen molar-refractivity contribution in [3.8, 4) is 11.3 Å². The van der Waals surface area contributed by atoms with Crippen LogP contribution in [0, 0.1) is 0 Å². The fourth-order valence-corrected chi connectivity index (χ4v) is 2.30. The molecular formula is C19H15N3O4. The molecule has 0 fully saturated rings. The molecule has 130 valence electrons. The fraction of sp³-hybridized carbons (Fsp3) is 0. The van der Waals surface area contributed by atoms with Crippen LogP contribution in [0.4, 0.5) is 5.69 Å². The average molecular weight is 349 g/mol. The fourth-order valence-electron chi connectivity index (χ4n) is 2.30. The second-order valence-electron chi connectivity index (χ2n) is 5.37. The van der Waals surface area contributed by atoms with Crippen LogP contribution < -0.4 is 11.2 Å². The molecule has 0 unspecified atom stereocenters. The highest BCUT2D eigenvalue weighted by Crippen LogP contribution is 2.22. The molecule has 7 nitrogen and oxygen atoms in total. The van der Waals surface area contributed by atoms with E-state index in [0.717, 1.165) is 0 Å². The van der Waals surface area contributed by atoms with E-state index in [2.05, 4.69) is 10.5 Å². The zero-order chi connectivity index (χ0) is 18.5. The molecule has 0 atom stereocenters. The molecule has 0 aliphatic rings. The average Bonchev–Trinajstić information content (AvgIpc) is 3.11.